The summed E-state index contributed by atoms with van der Waals surface area (Å²) in [6, 6.07) is 25.4. The second-order valence-corrected chi connectivity index (χ2v) is 11.1. The predicted octanol–water partition coefficient (Wildman–Crippen LogP) is 6.50. The van der Waals surface area contributed by atoms with E-state index < -0.39 is 0 Å². The molecule has 0 saturated carbocycles. The quantitative estimate of drug-likeness (QED) is 0.277. The van der Waals surface area contributed by atoms with E-state index in [2.05, 4.69) is 72.9 Å². The first-order valence-corrected chi connectivity index (χ1v) is 13.4. The first-order valence-electron chi connectivity index (χ1n) is 9.70. The topological polar surface area (TPSA) is 29.1 Å². The fourth-order valence-corrected chi connectivity index (χ4v) is 7.36. The van der Waals surface area contributed by atoms with Crippen LogP contribution in [-0.2, 0) is 4.79 Å². The van der Waals surface area contributed by atoms with Crippen LogP contribution in [0.4, 0.5) is 5.69 Å². The van der Waals surface area contributed by atoms with Crippen LogP contribution >= 0.6 is 23.5 Å². The molecule has 0 unspecified atom stereocenters. The summed E-state index contributed by atoms with van der Waals surface area (Å²) in [5.41, 5.74) is 0.827. The number of carbonyl (C=O) groups is 1. The van der Waals surface area contributed by atoms with Crippen molar-refractivity contribution in [3.8, 4) is 0 Å². The second-order valence-electron chi connectivity index (χ2n) is 6.51. The average molecular weight is 487 g/mol. The Morgan fingerprint density at radius 1 is 0.862 bits per heavy atom. The van der Waals surface area contributed by atoms with Gasteiger partial charge >= 0.3 is 177 Å². The molecule has 0 spiro atoms. The molecular weight excluding hydrogens is 461 g/mol. The van der Waals surface area contributed by atoms with E-state index >= 15 is 0 Å². The number of anilines is 1. The van der Waals surface area contributed by atoms with Gasteiger partial charge in [-0.15, -0.1) is 0 Å². The molecule has 2 nitrogen and oxygen atoms in total. The van der Waals surface area contributed by atoms with Crippen molar-refractivity contribution in [1.82, 2.24) is 0 Å². The Bertz CT molecular complexity index is 944. The van der Waals surface area contributed by atoms with Gasteiger partial charge in [0, 0.05) is 6.92 Å². The molecule has 3 aromatic carbocycles. The van der Waals surface area contributed by atoms with Gasteiger partial charge in [0.05, 0.1) is 0 Å². The van der Waals surface area contributed by atoms with E-state index in [0.29, 0.717) is 15.0 Å². The van der Waals surface area contributed by atoms with E-state index in [-0.39, 0.29) is 5.91 Å². The van der Waals surface area contributed by atoms with Crippen LogP contribution in [-0.4, -0.2) is 20.9 Å². The van der Waals surface area contributed by atoms with E-state index in [0.717, 1.165) is 10.6 Å². The van der Waals surface area contributed by atoms with Gasteiger partial charge in [-0.1, -0.05) is 0 Å². The van der Waals surface area contributed by atoms with Crippen molar-refractivity contribution in [2.75, 3.05) is 5.32 Å². The standard InChI is InChI=1S/C24H25NOS2Se/c1-3-4-17-29-24-12-8-7-11-23(24)28-22-10-6-5-9-21(22)27-20-15-13-19(14-16-20)25-18(2)26/h5-16H,3-4,17H2,1-2H3,(H,25,26). The van der Waals surface area contributed by atoms with Crippen molar-refractivity contribution in [3.05, 3.63) is 72.8 Å². The van der Waals surface area contributed by atoms with Crippen LogP contribution in [0, 0.1) is 0 Å². The van der Waals surface area contributed by atoms with E-state index in [4.69, 9.17) is 0 Å². The molecule has 0 aliphatic heterocycles. The Hall–Kier alpha value is -1.65. The molecule has 0 aliphatic carbocycles. The van der Waals surface area contributed by atoms with Crippen molar-refractivity contribution in [3.63, 3.8) is 0 Å². The molecule has 0 heterocycles. The van der Waals surface area contributed by atoms with Crippen LogP contribution in [0.2, 0.25) is 5.32 Å². The third kappa shape index (κ3) is 6.97. The van der Waals surface area contributed by atoms with Crippen molar-refractivity contribution >= 4 is 54.5 Å². The van der Waals surface area contributed by atoms with E-state index in [1.54, 1.807) is 11.8 Å². The number of hydrogen-bond acceptors (Lipinski definition) is 3. The molecular formula is C24H25NOS2Se. The first-order chi connectivity index (χ1) is 14.2. The Labute approximate surface area is 188 Å². The molecule has 0 saturated heterocycles. The Morgan fingerprint density at radius 3 is 2.14 bits per heavy atom. The second kappa shape index (κ2) is 11.5. The number of amides is 1. The van der Waals surface area contributed by atoms with Gasteiger partial charge in [0.1, 0.15) is 0 Å². The fourth-order valence-electron chi connectivity index (χ4n) is 2.65. The molecule has 29 heavy (non-hydrogen) atoms. The van der Waals surface area contributed by atoms with Crippen LogP contribution in [0.1, 0.15) is 26.7 Å². The maximum atomic E-state index is 11.2. The molecule has 1 amide bonds. The monoisotopic (exact) mass is 487 g/mol. The number of nitrogens with one attached hydrogen (secondary N) is 1. The summed E-state index contributed by atoms with van der Waals surface area (Å²) in [5.74, 6) is -0.0497. The molecule has 3 aromatic rings. The van der Waals surface area contributed by atoms with Crippen molar-refractivity contribution in [2.45, 2.75) is 51.6 Å². The zero-order valence-electron chi connectivity index (χ0n) is 16.7. The summed E-state index contributed by atoms with van der Waals surface area (Å²) < 4.78 is 1.50. The van der Waals surface area contributed by atoms with Gasteiger partial charge in [-0.2, -0.15) is 0 Å². The number of unbranched alkanes of at least 4 members (excludes halogenated alkanes) is 1. The molecule has 0 bridgehead atoms. The molecule has 0 atom stereocenters. The Balaban J connectivity index is 1.75. The third-order valence-electron chi connectivity index (χ3n) is 4.08. The van der Waals surface area contributed by atoms with Crippen molar-refractivity contribution in [1.29, 1.82) is 0 Å². The summed E-state index contributed by atoms with van der Waals surface area (Å²) in [6.07, 6.45) is 2.57. The first kappa shape index (κ1) is 22.0. The zero-order chi connectivity index (χ0) is 20.5. The summed E-state index contributed by atoms with van der Waals surface area (Å²) in [6.45, 7) is 3.78. The minimum atomic E-state index is -0.0497. The molecule has 5 heteroatoms. The van der Waals surface area contributed by atoms with Gasteiger partial charge in [0.2, 0.25) is 0 Å². The van der Waals surface area contributed by atoms with Gasteiger partial charge < -0.3 is 0 Å². The molecule has 0 fully saturated rings. The molecule has 0 radical (unpaired) electrons. The summed E-state index contributed by atoms with van der Waals surface area (Å²) >= 11 is 4.16. The Kier molecular flexibility index (Phi) is 8.75. The van der Waals surface area contributed by atoms with E-state index in [9.17, 15) is 4.79 Å². The predicted molar refractivity (Wildman–Crippen MR) is 127 cm³/mol. The molecule has 0 aromatic heterocycles. The number of carbonyl (C=O) groups excluding carboxylic acids is 1. The van der Waals surface area contributed by atoms with Crippen LogP contribution in [0.3, 0.4) is 0 Å². The number of benzene rings is 3. The summed E-state index contributed by atoms with van der Waals surface area (Å²) in [7, 11) is 0. The number of hydrogen-bond donors (Lipinski definition) is 1. The van der Waals surface area contributed by atoms with E-state index in [1.165, 1.54) is 44.2 Å². The molecule has 150 valence electrons. The zero-order valence-corrected chi connectivity index (χ0v) is 20.0. The van der Waals surface area contributed by atoms with Gasteiger partial charge in [0.15, 0.2) is 0 Å². The van der Waals surface area contributed by atoms with Crippen molar-refractivity contribution in [2.24, 2.45) is 0 Å². The van der Waals surface area contributed by atoms with Crippen LogP contribution in [0.5, 0.6) is 0 Å². The minimum absolute atomic E-state index is 0.0497. The van der Waals surface area contributed by atoms with Crippen LogP contribution in [0.15, 0.2) is 92.4 Å². The molecule has 0 aliphatic rings. The maximum absolute atomic E-state index is 11.2. The number of rotatable bonds is 9. The van der Waals surface area contributed by atoms with E-state index in [1.807, 2.05) is 23.9 Å². The third-order valence-corrected chi connectivity index (χ3v) is 9.17. The van der Waals surface area contributed by atoms with Gasteiger partial charge in [-0.25, -0.2) is 0 Å². The van der Waals surface area contributed by atoms with Gasteiger partial charge in [0.25, 0.3) is 0 Å². The van der Waals surface area contributed by atoms with Crippen molar-refractivity contribution < 1.29 is 4.79 Å². The fraction of sp³-hybridized carbons (Fsp3) is 0.208. The molecule has 3 rings (SSSR count). The summed E-state index contributed by atoms with van der Waals surface area (Å²) in [4.78, 5) is 16.3. The summed E-state index contributed by atoms with van der Waals surface area (Å²) in [5, 5.41) is 4.12. The normalized spacial score (nSPS) is 10.7. The van der Waals surface area contributed by atoms with Crippen LogP contribution in [0.25, 0.3) is 0 Å². The SMILES string of the molecule is CCCC[Se]c1ccccc1Sc1ccccc1Sc1ccc(NC(C)=O)cc1. The van der Waals surface area contributed by atoms with Crippen LogP contribution < -0.4 is 9.78 Å². The average Bonchev–Trinajstić information content (AvgIpc) is 2.72. The van der Waals surface area contributed by atoms with Gasteiger partial charge in [-0.3, -0.25) is 4.79 Å². The Morgan fingerprint density at radius 2 is 1.48 bits per heavy atom. The van der Waals surface area contributed by atoms with Gasteiger partial charge in [-0.05, 0) is 0 Å². The molecule has 1 N–H and O–H groups in total.